The van der Waals surface area contributed by atoms with Crippen molar-refractivity contribution in [3.8, 4) is 6.01 Å². The summed E-state index contributed by atoms with van der Waals surface area (Å²) >= 11 is 0. The van der Waals surface area contributed by atoms with Crippen molar-refractivity contribution < 1.29 is 9.84 Å². The molecule has 1 unspecified atom stereocenters. The van der Waals surface area contributed by atoms with E-state index in [4.69, 9.17) is 10.5 Å². The van der Waals surface area contributed by atoms with Crippen molar-refractivity contribution in [1.29, 1.82) is 0 Å². The summed E-state index contributed by atoms with van der Waals surface area (Å²) in [4.78, 5) is 4.24. The number of aliphatic hydroxyl groups is 1. The van der Waals surface area contributed by atoms with E-state index < -0.39 is 0 Å². The molecule has 3 N–H and O–H groups in total. The summed E-state index contributed by atoms with van der Waals surface area (Å²) in [5.74, 6) is 0. The number of imidazole rings is 1. The molecule has 15 heavy (non-hydrogen) atoms. The Bertz CT molecular complexity index is 323. The van der Waals surface area contributed by atoms with E-state index in [9.17, 15) is 5.11 Å². The first-order valence-electron chi connectivity index (χ1n) is 5.22. The zero-order chi connectivity index (χ0) is 11.4. The Morgan fingerprint density at radius 2 is 2.20 bits per heavy atom. The van der Waals surface area contributed by atoms with Crippen LogP contribution >= 0.6 is 0 Å². The summed E-state index contributed by atoms with van der Waals surface area (Å²) in [6.45, 7) is 6.19. The van der Waals surface area contributed by atoms with Crippen LogP contribution in [0.2, 0.25) is 0 Å². The van der Waals surface area contributed by atoms with E-state index in [-0.39, 0.29) is 12.8 Å². The quantitative estimate of drug-likeness (QED) is 0.763. The van der Waals surface area contributed by atoms with Gasteiger partial charge in [0.25, 0.3) is 6.01 Å². The van der Waals surface area contributed by atoms with Gasteiger partial charge in [-0.2, -0.15) is 0 Å². The number of rotatable bonds is 5. The summed E-state index contributed by atoms with van der Waals surface area (Å²) in [7, 11) is 0. The number of ether oxygens (including phenoxy) is 1. The summed E-state index contributed by atoms with van der Waals surface area (Å²) in [6.07, 6.45) is 0.568. The highest BCUT2D eigenvalue weighted by Gasteiger charge is 2.18. The molecule has 1 rings (SSSR count). The van der Waals surface area contributed by atoms with Crippen LogP contribution in [0.4, 0.5) is 0 Å². The lowest BCUT2D eigenvalue weighted by Crippen LogP contribution is -2.21. The normalized spacial score (nSPS) is 12.9. The molecule has 5 heteroatoms. The van der Waals surface area contributed by atoms with E-state index in [1.807, 2.05) is 20.8 Å². The number of nitrogens with zero attached hydrogens (tertiary/aromatic N) is 2. The molecule has 0 spiro atoms. The largest absolute Gasteiger partial charge is 0.465 e. The summed E-state index contributed by atoms with van der Waals surface area (Å²) in [6, 6.07) is 0.494. The van der Waals surface area contributed by atoms with Gasteiger partial charge in [0.2, 0.25) is 0 Å². The van der Waals surface area contributed by atoms with Crippen LogP contribution in [0.1, 0.15) is 37.8 Å². The fourth-order valence-electron chi connectivity index (χ4n) is 1.50. The van der Waals surface area contributed by atoms with Crippen molar-refractivity contribution in [2.75, 3.05) is 6.61 Å². The molecule has 0 saturated heterocycles. The van der Waals surface area contributed by atoms with Gasteiger partial charge in [-0.3, -0.25) is 4.57 Å². The molecule has 0 fully saturated rings. The average Bonchev–Trinajstić information content (AvgIpc) is 2.54. The van der Waals surface area contributed by atoms with Gasteiger partial charge in [0.1, 0.15) is 0 Å². The van der Waals surface area contributed by atoms with E-state index in [2.05, 4.69) is 4.98 Å². The van der Waals surface area contributed by atoms with Crippen LogP contribution in [-0.2, 0) is 6.61 Å². The first-order chi connectivity index (χ1) is 7.15. The molecule has 0 aliphatic heterocycles. The van der Waals surface area contributed by atoms with Crippen LogP contribution in [0.3, 0.4) is 0 Å². The highest BCUT2D eigenvalue weighted by Crippen LogP contribution is 2.22. The molecule has 5 nitrogen and oxygen atoms in total. The van der Waals surface area contributed by atoms with Gasteiger partial charge in [-0.15, -0.1) is 0 Å². The summed E-state index contributed by atoms with van der Waals surface area (Å²) < 4.78 is 7.15. The number of hydrogen-bond donors (Lipinski definition) is 2. The van der Waals surface area contributed by atoms with Crippen molar-refractivity contribution in [3.63, 3.8) is 0 Å². The van der Waals surface area contributed by atoms with Crippen molar-refractivity contribution in [2.24, 2.45) is 5.73 Å². The second kappa shape index (κ2) is 5.14. The predicted octanol–water partition coefficient (Wildman–Crippen LogP) is 0.950. The third-order valence-corrected chi connectivity index (χ3v) is 2.35. The lowest BCUT2D eigenvalue weighted by Gasteiger charge is -2.16. The van der Waals surface area contributed by atoms with Crippen LogP contribution in [-0.4, -0.2) is 21.3 Å². The van der Waals surface area contributed by atoms with Gasteiger partial charge in [0, 0.05) is 0 Å². The van der Waals surface area contributed by atoms with E-state index in [1.54, 1.807) is 4.57 Å². The van der Waals surface area contributed by atoms with Gasteiger partial charge in [0.05, 0.1) is 30.8 Å². The minimum absolute atomic E-state index is 0.0698. The van der Waals surface area contributed by atoms with Crippen molar-refractivity contribution in [1.82, 2.24) is 9.55 Å². The second-order valence-electron chi connectivity index (χ2n) is 3.36. The Kier molecular flexibility index (Phi) is 4.11. The Labute approximate surface area is 89.9 Å². The predicted molar refractivity (Wildman–Crippen MR) is 57.6 cm³/mol. The van der Waals surface area contributed by atoms with E-state index in [1.165, 1.54) is 0 Å². The maximum absolute atomic E-state index is 9.25. The highest BCUT2D eigenvalue weighted by molar-refractivity contribution is 5.19. The van der Waals surface area contributed by atoms with Gasteiger partial charge in [-0.1, -0.05) is 6.92 Å². The van der Waals surface area contributed by atoms with Gasteiger partial charge in [-0.05, 0) is 20.3 Å². The Balaban J connectivity index is 3.15. The fraction of sp³-hybridized carbons (Fsp3) is 0.700. The molecular weight excluding hydrogens is 194 g/mol. The van der Waals surface area contributed by atoms with Gasteiger partial charge < -0.3 is 15.6 Å². The Hall–Kier alpha value is -1.07. The lowest BCUT2D eigenvalue weighted by molar-refractivity contribution is 0.247. The fourth-order valence-corrected chi connectivity index (χ4v) is 1.50. The van der Waals surface area contributed by atoms with E-state index >= 15 is 0 Å². The SMILES string of the molecule is CCOc1nc(C)c(CO)n1C(N)CC. The number of nitrogens with two attached hydrogens (primary N) is 1. The zero-order valence-electron chi connectivity index (χ0n) is 9.53. The second-order valence-corrected chi connectivity index (χ2v) is 3.36. The molecule has 0 aliphatic rings. The molecule has 0 radical (unpaired) electrons. The maximum atomic E-state index is 9.25. The molecule has 0 amide bonds. The van der Waals surface area contributed by atoms with Crippen LogP contribution in [0, 0.1) is 6.92 Å². The van der Waals surface area contributed by atoms with Crippen molar-refractivity contribution in [2.45, 2.75) is 40.0 Å². The van der Waals surface area contributed by atoms with Crippen LogP contribution in [0.15, 0.2) is 0 Å². The van der Waals surface area contributed by atoms with E-state index in [0.717, 1.165) is 17.8 Å². The molecule has 1 atom stereocenters. The number of hydrogen-bond acceptors (Lipinski definition) is 4. The Morgan fingerprint density at radius 1 is 1.53 bits per heavy atom. The van der Waals surface area contributed by atoms with Gasteiger partial charge >= 0.3 is 0 Å². The monoisotopic (exact) mass is 213 g/mol. The van der Waals surface area contributed by atoms with Gasteiger partial charge in [0.15, 0.2) is 0 Å². The van der Waals surface area contributed by atoms with Crippen molar-refractivity contribution >= 4 is 0 Å². The number of aryl methyl sites for hydroxylation is 1. The molecule has 1 aromatic heterocycles. The van der Waals surface area contributed by atoms with Gasteiger partial charge in [-0.25, -0.2) is 4.98 Å². The number of aromatic nitrogens is 2. The topological polar surface area (TPSA) is 73.3 Å². The van der Waals surface area contributed by atoms with E-state index in [0.29, 0.717) is 12.6 Å². The summed E-state index contributed by atoms with van der Waals surface area (Å²) in [5.41, 5.74) is 7.44. The molecule has 0 bridgehead atoms. The third-order valence-electron chi connectivity index (χ3n) is 2.35. The van der Waals surface area contributed by atoms with Crippen LogP contribution in [0.25, 0.3) is 0 Å². The van der Waals surface area contributed by atoms with Crippen molar-refractivity contribution in [3.05, 3.63) is 11.4 Å². The van der Waals surface area contributed by atoms with Crippen LogP contribution < -0.4 is 10.5 Å². The molecule has 0 saturated carbocycles. The molecular formula is C10H19N3O2. The minimum Gasteiger partial charge on any atom is -0.465 e. The first kappa shape index (κ1) is 12.0. The lowest BCUT2D eigenvalue weighted by atomic mass is 10.3. The Morgan fingerprint density at radius 3 is 2.67 bits per heavy atom. The third kappa shape index (κ3) is 2.30. The molecule has 86 valence electrons. The minimum atomic E-state index is -0.199. The molecule has 1 aromatic rings. The first-order valence-corrected chi connectivity index (χ1v) is 5.22. The maximum Gasteiger partial charge on any atom is 0.298 e. The highest BCUT2D eigenvalue weighted by atomic mass is 16.5. The standard InChI is InChI=1S/C10H19N3O2/c1-4-9(11)13-8(6-14)7(3)12-10(13)15-5-2/h9,14H,4-6,11H2,1-3H3. The average molecular weight is 213 g/mol. The molecule has 0 aromatic carbocycles. The zero-order valence-corrected chi connectivity index (χ0v) is 9.53. The number of aliphatic hydroxyl groups excluding tert-OH is 1. The summed E-state index contributed by atoms with van der Waals surface area (Å²) in [5, 5.41) is 9.25. The molecule has 0 aliphatic carbocycles. The molecule has 1 heterocycles. The smallest absolute Gasteiger partial charge is 0.298 e. The van der Waals surface area contributed by atoms with Crippen LogP contribution in [0.5, 0.6) is 6.01 Å².